The first-order valence-electron chi connectivity index (χ1n) is 35.8. The molecule has 0 aromatic heterocycles. The van der Waals surface area contributed by atoms with Gasteiger partial charge in [0.2, 0.25) is 5.91 Å². The third-order valence-electron chi connectivity index (χ3n) is 16.4. The van der Waals surface area contributed by atoms with E-state index in [0.29, 0.717) is 6.42 Å². The number of unbranched alkanes of at least 4 members (excludes halogenated alkanes) is 47. The SMILES string of the molecule is CC/C=C\C/C=C\C/C=C\C/C=C\C/C=C\C/C=C\CCCCCCCCCCCCCCCCCCC(=O)NC(CO)C(O)/C=C/CCCCCCCCCCCCCCCCCCCCCCCCCCCCCCCCC. The standard InChI is InChI=1S/C76H139NO3/c1-3-5-7-9-11-13-15-17-19-21-23-25-27-29-31-33-35-37-38-40-42-44-46-48-50-52-54-56-58-60-62-64-66-68-70-72-76(80)77-74(73-78)75(79)71-69-67-65-63-61-59-57-55-53-51-49-47-45-43-41-39-36-34-32-30-28-26-24-22-20-18-16-14-12-10-8-6-4-2/h5,7,11,13,17,19,23,25,29,31,35,37,69,71,74-75,78-79H,3-4,6,8-10,12,14-16,18,20-22,24,26-28,30,32-34,36,38-68,70,72-73H2,1-2H3,(H,77,80)/b7-5-,13-11-,19-17-,25-23-,31-29-,37-35-,71-69+. The van der Waals surface area contributed by atoms with Crippen LogP contribution in [0, 0.1) is 0 Å². The molecule has 1 amide bonds. The zero-order valence-electron chi connectivity index (χ0n) is 53.8. The second-order valence-electron chi connectivity index (χ2n) is 24.3. The lowest BCUT2D eigenvalue weighted by atomic mass is 10.0. The molecule has 4 heteroatoms. The molecule has 2 unspecified atom stereocenters. The van der Waals surface area contributed by atoms with Gasteiger partial charge in [0.05, 0.1) is 18.8 Å². The summed E-state index contributed by atoms with van der Waals surface area (Å²) in [5, 5.41) is 23.3. The van der Waals surface area contributed by atoms with Crippen molar-refractivity contribution in [1.29, 1.82) is 0 Å². The number of hydrogen-bond donors (Lipinski definition) is 3. The Labute approximate surface area is 501 Å². The van der Waals surface area contributed by atoms with Crippen molar-refractivity contribution < 1.29 is 15.0 Å². The Hall–Kier alpha value is -2.43. The maximum atomic E-state index is 12.6. The number of aliphatic hydroxyl groups is 2. The van der Waals surface area contributed by atoms with Crippen molar-refractivity contribution in [2.24, 2.45) is 0 Å². The third kappa shape index (κ3) is 66.4. The molecule has 0 radical (unpaired) electrons. The Morgan fingerprint density at radius 2 is 0.550 bits per heavy atom. The summed E-state index contributed by atoms with van der Waals surface area (Å²) < 4.78 is 0. The molecule has 0 spiro atoms. The third-order valence-corrected chi connectivity index (χ3v) is 16.4. The molecule has 0 aliphatic heterocycles. The number of carbonyl (C=O) groups is 1. The second-order valence-corrected chi connectivity index (χ2v) is 24.3. The summed E-state index contributed by atoms with van der Waals surface area (Å²) in [5.41, 5.74) is 0. The lowest BCUT2D eigenvalue weighted by Gasteiger charge is -2.20. The lowest BCUT2D eigenvalue weighted by molar-refractivity contribution is -0.123. The van der Waals surface area contributed by atoms with Crippen molar-refractivity contribution in [3.05, 3.63) is 85.1 Å². The van der Waals surface area contributed by atoms with Crippen LogP contribution in [-0.2, 0) is 4.79 Å². The average Bonchev–Trinajstić information content (AvgIpc) is 3.46. The van der Waals surface area contributed by atoms with E-state index in [4.69, 9.17) is 0 Å². The van der Waals surface area contributed by atoms with Crippen LogP contribution in [0.25, 0.3) is 0 Å². The van der Waals surface area contributed by atoms with Crippen molar-refractivity contribution in [1.82, 2.24) is 5.32 Å². The van der Waals surface area contributed by atoms with Crippen LogP contribution in [-0.4, -0.2) is 34.9 Å². The fourth-order valence-corrected chi connectivity index (χ4v) is 11.0. The number of aliphatic hydroxyl groups excluding tert-OH is 2. The lowest BCUT2D eigenvalue weighted by Crippen LogP contribution is -2.45. The predicted molar refractivity (Wildman–Crippen MR) is 359 cm³/mol. The van der Waals surface area contributed by atoms with Gasteiger partial charge in [-0.25, -0.2) is 0 Å². The average molecular weight is 1110 g/mol. The van der Waals surface area contributed by atoms with Gasteiger partial charge in [-0.1, -0.05) is 381 Å². The first-order valence-corrected chi connectivity index (χ1v) is 35.8. The first-order chi connectivity index (χ1) is 39.7. The van der Waals surface area contributed by atoms with Crippen LogP contribution in [0.2, 0.25) is 0 Å². The van der Waals surface area contributed by atoms with Gasteiger partial charge >= 0.3 is 0 Å². The largest absolute Gasteiger partial charge is 0.394 e. The minimum absolute atomic E-state index is 0.0606. The highest BCUT2D eigenvalue weighted by atomic mass is 16.3. The van der Waals surface area contributed by atoms with E-state index < -0.39 is 12.1 Å². The summed E-state index contributed by atoms with van der Waals surface area (Å²) in [7, 11) is 0. The summed E-state index contributed by atoms with van der Waals surface area (Å²) in [5.74, 6) is -0.0606. The van der Waals surface area contributed by atoms with Gasteiger partial charge in [-0.2, -0.15) is 0 Å². The summed E-state index contributed by atoms with van der Waals surface area (Å²) in [6.07, 6.45) is 104. The highest BCUT2D eigenvalue weighted by Gasteiger charge is 2.18. The maximum absolute atomic E-state index is 12.6. The minimum Gasteiger partial charge on any atom is -0.394 e. The van der Waals surface area contributed by atoms with E-state index in [1.165, 1.54) is 289 Å². The molecule has 80 heavy (non-hydrogen) atoms. The van der Waals surface area contributed by atoms with E-state index in [1.54, 1.807) is 6.08 Å². The molecule has 0 bridgehead atoms. The van der Waals surface area contributed by atoms with Crippen molar-refractivity contribution in [3.63, 3.8) is 0 Å². The Bertz CT molecular complexity index is 1400. The number of rotatable bonds is 66. The van der Waals surface area contributed by atoms with E-state index >= 15 is 0 Å². The fourth-order valence-electron chi connectivity index (χ4n) is 11.0. The molecule has 3 N–H and O–H groups in total. The molecule has 0 rings (SSSR count). The number of carbonyl (C=O) groups excluding carboxylic acids is 1. The van der Waals surface area contributed by atoms with Crippen LogP contribution in [0.15, 0.2) is 85.1 Å². The molecule has 0 fully saturated rings. The monoisotopic (exact) mass is 1110 g/mol. The van der Waals surface area contributed by atoms with E-state index in [1.807, 2.05) is 6.08 Å². The molecule has 0 saturated carbocycles. The molecular formula is C76H139NO3. The highest BCUT2D eigenvalue weighted by Crippen LogP contribution is 2.19. The van der Waals surface area contributed by atoms with E-state index in [0.717, 1.165) is 64.2 Å². The van der Waals surface area contributed by atoms with Gasteiger partial charge in [-0.3, -0.25) is 4.79 Å². The topological polar surface area (TPSA) is 69.6 Å². The zero-order chi connectivity index (χ0) is 57.6. The Morgan fingerprint density at radius 3 is 0.825 bits per heavy atom. The summed E-state index contributed by atoms with van der Waals surface area (Å²) in [6.45, 7) is 4.23. The Kier molecular flexibility index (Phi) is 68.7. The highest BCUT2D eigenvalue weighted by molar-refractivity contribution is 5.76. The van der Waals surface area contributed by atoms with Crippen molar-refractivity contribution in [2.45, 2.75) is 386 Å². The van der Waals surface area contributed by atoms with Gasteiger partial charge in [-0.15, -0.1) is 0 Å². The second kappa shape index (κ2) is 70.8. The van der Waals surface area contributed by atoms with Crippen LogP contribution < -0.4 is 5.32 Å². The molecule has 0 heterocycles. The van der Waals surface area contributed by atoms with E-state index in [9.17, 15) is 15.0 Å². The van der Waals surface area contributed by atoms with Gasteiger partial charge in [-0.05, 0) is 70.6 Å². The first kappa shape index (κ1) is 77.6. The summed E-state index contributed by atoms with van der Waals surface area (Å²) >= 11 is 0. The number of hydrogen-bond acceptors (Lipinski definition) is 3. The molecule has 0 aliphatic carbocycles. The predicted octanol–water partition coefficient (Wildman–Crippen LogP) is 24.6. The van der Waals surface area contributed by atoms with Gasteiger partial charge in [0.25, 0.3) is 0 Å². The summed E-state index contributed by atoms with van der Waals surface area (Å²) in [6, 6.07) is -0.628. The molecule has 0 saturated heterocycles. The van der Waals surface area contributed by atoms with Crippen LogP contribution in [0.3, 0.4) is 0 Å². The van der Waals surface area contributed by atoms with E-state index in [-0.39, 0.29) is 12.5 Å². The van der Waals surface area contributed by atoms with Gasteiger partial charge in [0.1, 0.15) is 0 Å². The molecule has 2 atom stereocenters. The molecule has 466 valence electrons. The van der Waals surface area contributed by atoms with Crippen LogP contribution >= 0.6 is 0 Å². The molecule has 0 aliphatic rings. The Balaban J connectivity index is 3.46. The van der Waals surface area contributed by atoms with Crippen LogP contribution in [0.1, 0.15) is 373 Å². The molecule has 4 nitrogen and oxygen atoms in total. The van der Waals surface area contributed by atoms with Gasteiger partial charge in [0.15, 0.2) is 0 Å². The van der Waals surface area contributed by atoms with Crippen molar-refractivity contribution in [3.8, 4) is 0 Å². The minimum atomic E-state index is -0.844. The maximum Gasteiger partial charge on any atom is 0.220 e. The quantitative estimate of drug-likeness (QED) is 0.0420. The smallest absolute Gasteiger partial charge is 0.220 e. The fraction of sp³-hybridized carbons (Fsp3) is 0.803. The van der Waals surface area contributed by atoms with Gasteiger partial charge in [0, 0.05) is 6.42 Å². The zero-order valence-corrected chi connectivity index (χ0v) is 53.8. The van der Waals surface area contributed by atoms with Crippen molar-refractivity contribution >= 4 is 5.91 Å². The number of allylic oxidation sites excluding steroid dienone is 13. The normalized spacial score (nSPS) is 13.2. The number of amides is 1. The van der Waals surface area contributed by atoms with E-state index in [2.05, 4.69) is 92.1 Å². The van der Waals surface area contributed by atoms with Crippen molar-refractivity contribution in [2.75, 3.05) is 6.61 Å². The molecule has 0 aromatic rings. The molecular weight excluding hydrogens is 975 g/mol. The summed E-state index contributed by atoms with van der Waals surface area (Å²) in [4.78, 5) is 12.6. The van der Waals surface area contributed by atoms with Gasteiger partial charge < -0.3 is 15.5 Å². The van der Waals surface area contributed by atoms with Crippen LogP contribution in [0.5, 0.6) is 0 Å². The molecule has 0 aromatic carbocycles. The van der Waals surface area contributed by atoms with Crippen LogP contribution in [0.4, 0.5) is 0 Å². The number of nitrogens with one attached hydrogen (secondary N) is 1. The Morgan fingerprint density at radius 1 is 0.312 bits per heavy atom.